The van der Waals surface area contributed by atoms with E-state index in [4.69, 9.17) is 9.15 Å². The van der Waals surface area contributed by atoms with Gasteiger partial charge in [0.05, 0.1) is 24.9 Å². The molecule has 136 valence electrons. The van der Waals surface area contributed by atoms with Crippen molar-refractivity contribution in [3.63, 3.8) is 0 Å². The number of ether oxygens (including phenoxy) is 1. The SMILES string of the molecule is CCOC(=O)c1ccoc1-c1ccc2ncnc(NCc3ncc[nH]3)c2c1. The molecule has 0 unspecified atom stereocenters. The Labute approximate surface area is 154 Å². The summed E-state index contributed by atoms with van der Waals surface area (Å²) in [5.74, 6) is 1.51. The molecule has 27 heavy (non-hydrogen) atoms. The number of imidazole rings is 1. The number of anilines is 1. The van der Waals surface area contributed by atoms with Gasteiger partial charge in [0.25, 0.3) is 0 Å². The van der Waals surface area contributed by atoms with Crippen LogP contribution in [-0.4, -0.2) is 32.5 Å². The molecule has 2 N–H and O–H groups in total. The number of nitrogens with one attached hydrogen (secondary N) is 2. The maximum Gasteiger partial charge on any atom is 0.342 e. The molecule has 3 heterocycles. The summed E-state index contributed by atoms with van der Waals surface area (Å²) in [5, 5.41) is 4.07. The first kappa shape index (κ1) is 16.8. The van der Waals surface area contributed by atoms with Gasteiger partial charge < -0.3 is 19.5 Å². The van der Waals surface area contributed by atoms with Gasteiger partial charge in [0.15, 0.2) is 0 Å². The minimum atomic E-state index is -0.415. The van der Waals surface area contributed by atoms with Crippen molar-refractivity contribution in [2.24, 2.45) is 0 Å². The summed E-state index contributed by atoms with van der Waals surface area (Å²) in [6.45, 7) is 2.57. The third-order valence-electron chi connectivity index (χ3n) is 4.04. The van der Waals surface area contributed by atoms with Crippen LogP contribution >= 0.6 is 0 Å². The van der Waals surface area contributed by atoms with Gasteiger partial charge in [0, 0.05) is 23.3 Å². The van der Waals surface area contributed by atoms with E-state index in [9.17, 15) is 4.79 Å². The standard InChI is InChI=1S/C19H17N5O3/c1-2-26-19(25)13-5-8-27-17(13)12-3-4-15-14(9-12)18(24-11-23-15)22-10-16-20-6-7-21-16/h3-9,11H,2,10H2,1H3,(H,20,21)(H,22,23,24). The normalized spacial score (nSPS) is 10.9. The fraction of sp³-hybridized carbons (Fsp3) is 0.158. The molecular weight excluding hydrogens is 346 g/mol. The number of aromatic nitrogens is 4. The fourth-order valence-corrected chi connectivity index (χ4v) is 2.80. The molecule has 4 rings (SSSR count). The van der Waals surface area contributed by atoms with Crippen molar-refractivity contribution in [2.45, 2.75) is 13.5 Å². The Morgan fingerprint density at radius 3 is 3.00 bits per heavy atom. The number of carbonyl (C=O) groups excluding carboxylic acids is 1. The Hall–Kier alpha value is -3.68. The van der Waals surface area contributed by atoms with Crippen LogP contribution in [0.2, 0.25) is 0 Å². The number of H-pyrrole nitrogens is 1. The van der Waals surface area contributed by atoms with Gasteiger partial charge in [-0.1, -0.05) is 0 Å². The zero-order valence-corrected chi connectivity index (χ0v) is 14.6. The van der Waals surface area contributed by atoms with Crippen LogP contribution in [0.25, 0.3) is 22.2 Å². The van der Waals surface area contributed by atoms with Crippen LogP contribution in [0.15, 0.2) is 53.7 Å². The monoisotopic (exact) mass is 363 g/mol. The second-order valence-corrected chi connectivity index (χ2v) is 5.73. The van der Waals surface area contributed by atoms with Gasteiger partial charge in [-0.25, -0.2) is 19.7 Å². The van der Waals surface area contributed by atoms with Crippen molar-refractivity contribution in [1.82, 2.24) is 19.9 Å². The maximum atomic E-state index is 12.1. The molecule has 8 nitrogen and oxygen atoms in total. The van der Waals surface area contributed by atoms with Crippen molar-refractivity contribution in [1.29, 1.82) is 0 Å². The molecule has 0 atom stereocenters. The summed E-state index contributed by atoms with van der Waals surface area (Å²) in [6, 6.07) is 7.21. The zero-order chi connectivity index (χ0) is 18.6. The second-order valence-electron chi connectivity index (χ2n) is 5.73. The molecule has 0 aliphatic carbocycles. The number of fused-ring (bicyclic) bond motifs is 1. The summed E-state index contributed by atoms with van der Waals surface area (Å²) in [6.07, 6.45) is 6.44. The summed E-state index contributed by atoms with van der Waals surface area (Å²) in [7, 11) is 0. The predicted octanol–water partition coefficient (Wildman–Crippen LogP) is 3.40. The van der Waals surface area contributed by atoms with Gasteiger partial charge in [-0.3, -0.25) is 0 Å². The van der Waals surface area contributed by atoms with Crippen LogP contribution in [0.1, 0.15) is 23.1 Å². The van der Waals surface area contributed by atoms with E-state index in [1.165, 1.54) is 12.6 Å². The number of hydrogen-bond donors (Lipinski definition) is 2. The number of benzene rings is 1. The van der Waals surface area contributed by atoms with Crippen molar-refractivity contribution in [3.8, 4) is 11.3 Å². The molecule has 0 amide bonds. The molecule has 0 fully saturated rings. The molecular formula is C19H17N5O3. The lowest BCUT2D eigenvalue weighted by Gasteiger charge is -2.09. The van der Waals surface area contributed by atoms with Crippen molar-refractivity contribution >= 4 is 22.7 Å². The Morgan fingerprint density at radius 2 is 2.19 bits per heavy atom. The number of carbonyl (C=O) groups is 1. The molecule has 8 heteroatoms. The van der Waals surface area contributed by atoms with Crippen molar-refractivity contribution < 1.29 is 13.9 Å². The van der Waals surface area contributed by atoms with Crippen LogP contribution < -0.4 is 5.32 Å². The molecule has 0 aliphatic heterocycles. The lowest BCUT2D eigenvalue weighted by molar-refractivity contribution is 0.0526. The maximum absolute atomic E-state index is 12.1. The van der Waals surface area contributed by atoms with Gasteiger partial charge in [-0.2, -0.15) is 0 Å². The highest BCUT2D eigenvalue weighted by atomic mass is 16.5. The summed E-state index contributed by atoms with van der Waals surface area (Å²) in [5.41, 5.74) is 1.91. The zero-order valence-electron chi connectivity index (χ0n) is 14.6. The van der Waals surface area contributed by atoms with Crippen molar-refractivity contribution in [3.05, 3.63) is 60.6 Å². The van der Waals surface area contributed by atoms with E-state index in [1.54, 1.807) is 25.4 Å². The molecule has 0 saturated heterocycles. The first-order valence-corrected chi connectivity index (χ1v) is 8.48. The quantitative estimate of drug-likeness (QED) is 0.506. The van der Waals surface area contributed by atoms with E-state index in [0.717, 1.165) is 22.3 Å². The highest BCUT2D eigenvalue weighted by Gasteiger charge is 2.18. The largest absolute Gasteiger partial charge is 0.463 e. The van der Waals surface area contributed by atoms with E-state index < -0.39 is 5.97 Å². The van der Waals surface area contributed by atoms with Crippen LogP contribution in [0.5, 0.6) is 0 Å². The minimum absolute atomic E-state index is 0.301. The molecule has 4 aromatic rings. The van der Waals surface area contributed by atoms with Crippen LogP contribution in [0, 0.1) is 0 Å². The van der Waals surface area contributed by atoms with E-state index in [0.29, 0.717) is 30.3 Å². The minimum Gasteiger partial charge on any atom is -0.463 e. The van der Waals surface area contributed by atoms with Crippen molar-refractivity contribution in [2.75, 3.05) is 11.9 Å². The first-order valence-electron chi connectivity index (χ1n) is 8.48. The molecule has 0 radical (unpaired) electrons. The summed E-state index contributed by atoms with van der Waals surface area (Å²) < 4.78 is 10.6. The number of aromatic amines is 1. The Morgan fingerprint density at radius 1 is 1.26 bits per heavy atom. The number of furan rings is 1. The molecule has 1 aromatic carbocycles. The van der Waals surface area contributed by atoms with Gasteiger partial charge in [0.2, 0.25) is 0 Å². The average Bonchev–Trinajstić information content (AvgIpc) is 3.38. The smallest absolute Gasteiger partial charge is 0.342 e. The van der Waals surface area contributed by atoms with Crippen LogP contribution in [0.4, 0.5) is 5.82 Å². The molecule has 0 aliphatic rings. The van der Waals surface area contributed by atoms with Gasteiger partial charge in [-0.15, -0.1) is 0 Å². The first-order chi connectivity index (χ1) is 13.3. The Bertz CT molecular complexity index is 1070. The van der Waals surface area contributed by atoms with Crippen LogP contribution in [0.3, 0.4) is 0 Å². The third-order valence-corrected chi connectivity index (χ3v) is 4.04. The molecule has 3 aromatic heterocycles. The number of hydrogen-bond acceptors (Lipinski definition) is 7. The molecule has 0 saturated carbocycles. The lowest BCUT2D eigenvalue weighted by Crippen LogP contribution is -2.05. The fourth-order valence-electron chi connectivity index (χ4n) is 2.80. The molecule has 0 spiro atoms. The van der Waals surface area contributed by atoms with E-state index in [2.05, 4.69) is 25.3 Å². The number of rotatable bonds is 6. The highest BCUT2D eigenvalue weighted by molar-refractivity contribution is 5.98. The number of esters is 1. The van der Waals surface area contributed by atoms with E-state index in [-0.39, 0.29) is 0 Å². The topological polar surface area (TPSA) is 106 Å². The average molecular weight is 363 g/mol. The molecule has 0 bridgehead atoms. The van der Waals surface area contributed by atoms with E-state index in [1.807, 2.05) is 18.2 Å². The third kappa shape index (κ3) is 3.37. The summed E-state index contributed by atoms with van der Waals surface area (Å²) >= 11 is 0. The van der Waals surface area contributed by atoms with E-state index >= 15 is 0 Å². The predicted molar refractivity (Wildman–Crippen MR) is 99.1 cm³/mol. The lowest BCUT2D eigenvalue weighted by atomic mass is 10.1. The Balaban J connectivity index is 1.70. The van der Waals surface area contributed by atoms with Gasteiger partial charge in [0.1, 0.15) is 29.3 Å². The summed E-state index contributed by atoms with van der Waals surface area (Å²) in [4.78, 5) is 28.0. The van der Waals surface area contributed by atoms with Gasteiger partial charge >= 0.3 is 5.97 Å². The Kier molecular flexibility index (Phi) is 4.52. The highest BCUT2D eigenvalue weighted by Crippen LogP contribution is 2.30. The second kappa shape index (κ2) is 7.28. The number of nitrogens with zero attached hydrogens (tertiary/aromatic N) is 3. The van der Waals surface area contributed by atoms with Gasteiger partial charge in [-0.05, 0) is 31.2 Å². The van der Waals surface area contributed by atoms with Crippen LogP contribution in [-0.2, 0) is 11.3 Å².